The van der Waals surface area contributed by atoms with Crippen molar-refractivity contribution in [1.82, 2.24) is 10.2 Å². The Morgan fingerprint density at radius 2 is 1.91 bits per heavy atom. The molecule has 0 saturated carbocycles. The molecule has 0 spiro atoms. The molecule has 0 radical (unpaired) electrons. The Hall–Kier alpha value is -2.19. The maximum absolute atomic E-state index is 14.3. The number of carbonyl (C=O) groups is 2. The van der Waals surface area contributed by atoms with Crippen molar-refractivity contribution in [3.05, 3.63) is 29.6 Å². The molecule has 1 aromatic rings. The normalized spacial score (nSPS) is 26.5. The zero-order chi connectivity index (χ0) is 22.7. The Balaban J connectivity index is 1.55. The molecule has 1 aromatic carbocycles. The van der Waals surface area contributed by atoms with Gasteiger partial charge in [0.1, 0.15) is 5.82 Å². The number of rotatable bonds is 6. The van der Waals surface area contributed by atoms with Crippen LogP contribution in [0.5, 0.6) is 0 Å². The second-order valence-electron chi connectivity index (χ2n) is 9.24. The number of methoxy groups -OCH3 is 2. The molecule has 7 nitrogen and oxygen atoms in total. The molecule has 3 atom stereocenters. The first-order valence-corrected chi connectivity index (χ1v) is 11.6. The molecular weight excluding hydrogens is 413 g/mol. The average Bonchev–Trinajstić information content (AvgIpc) is 3.49. The van der Waals surface area contributed by atoms with E-state index >= 15 is 0 Å². The molecule has 8 heteroatoms. The summed E-state index contributed by atoms with van der Waals surface area (Å²) in [5, 5.41) is 3.28. The number of anilines is 1. The van der Waals surface area contributed by atoms with Crippen molar-refractivity contribution >= 4 is 17.6 Å². The van der Waals surface area contributed by atoms with Crippen molar-refractivity contribution in [2.24, 2.45) is 17.8 Å². The molecule has 3 fully saturated rings. The van der Waals surface area contributed by atoms with Crippen LogP contribution >= 0.6 is 0 Å². The minimum absolute atomic E-state index is 0.0435. The third-order valence-corrected chi connectivity index (χ3v) is 7.31. The highest BCUT2D eigenvalue weighted by Crippen LogP contribution is 2.40. The van der Waals surface area contributed by atoms with Gasteiger partial charge in [-0.2, -0.15) is 0 Å². The first kappa shape index (κ1) is 23.0. The van der Waals surface area contributed by atoms with Gasteiger partial charge in [0.25, 0.3) is 0 Å². The van der Waals surface area contributed by atoms with Crippen molar-refractivity contribution in [1.29, 1.82) is 0 Å². The highest BCUT2D eigenvalue weighted by molar-refractivity contribution is 5.80. The standard InChI is InChI=1S/C24H34FN3O4/c1-31-15-18-13-28(23(29)17-5-8-26-12-17)14-21(18)20-4-3-19(25)11-22(20)27-9-6-16(7-10-27)24(30)32-2/h3-4,11,16-18,21,26H,5-10,12-15H2,1-2H3/t17?,18-,21?/m1/s1. The van der Waals surface area contributed by atoms with E-state index in [-0.39, 0.29) is 41.4 Å². The fourth-order valence-electron chi connectivity index (χ4n) is 5.54. The summed E-state index contributed by atoms with van der Waals surface area (Å²) in [5.41, 5.74) is 1.93. The summed E-state index contributed by atoms with van der Waals surface area (Å²) in [6.45, 7) is 4.82. The fraction of sp³-hybridized carbons (Fsp3) is 0.667. The van der Waals surface area contributed by atoms with Crippen molar-refractivity contribution in [2.45, 2.75) is 25.2 Å². The number of nitrogens with one attached hydrogen (secondary N) is 1. The van der Waals surface area contributed by atoms with Gasteiger partial charge in [-0.3, -0.25) is 9.59 Å². The molecule has 176 valence electrons. The van der Waals surface area contributed by atoms with Crippen LogP contribution in [0.25, 0.3) is 0 Å². The molecular formula is C24H34FN3O4. The molecule has 1 N–H and O–H groups in total. The summed E-state index contributed by atoms with van der Waals surface area (Å²) in [6.07, 6.45) is 2.26. The van der Waals surface area contributed by atoms with E-state index in [9.17, 15) is 14.0 Å². The van der Waals surface area contributed by atoms with Crippen LogP contribution in [-0.4, -0.2) is 76.9 Å². The highest BCUT2D eigenvalue weighted by Gasteiger charge is 2.40. The van der Waals surface area contributed by atoms with Crippen LogP contribution in [0.1, 0.15) is 30.7 Å². The van der Waals surface area contributed by atoms with Gasteiger partial charge in [0, 0.05) is 57.4 Å². The Labute approximate surface area is 189 Å². The third-order valence-electron chi connectivity index (χ3n) is 7.31. The summed E-state index contributed by atoms with van der Waals surface area (Å²) in [5.74, 6) is -0.0460. The summed E-state index contributed by atoms with van der Waals surface area (Å²) in [7, 11) is 3.11. The Bertz CT molecular complexity index is 821. The molecule has 0 bridgehead atoms. The van der Waals surface area contributed by atoms with Gasteiger partial charge < -0.3 is 24.6 Å². The number of amides is 1. The number of halogens is 1. The minimum Gasteiger partial charge on any atom is -0.469 e. The molecule has 0 aromatic heterocycles. The topological polar surface area (TPSA) is 71.1 Å². The quantitative estimate of drug-likeness (QED) is 0.673. The highest BCUT2D eigenvalue weighted by atomic mass is 19.1. The Kier molecular flexibility index (Phi) is 7.30. The lowest BCUT2D eigenvalue weighted by Crippen LogP contribution is -2.37. The van der Waals surface area contributed by atoms with Gasteiger partial charge in [-0.05, 0) is 43.5 Å². The molecule has 32 heavy (non-hydrogen) atoms. The smallest absolute Gasteiger partial charge is 0.308 e. The predicted molar refractivity (Wildman–Crippen MR) is 119 cm³/mol. The van der Waals surface area contributed by atoms with Gasteiger partial charge in [-0.15, -0.1) is 0 Å². The number of carbonyl (C=O) groups excluding carboxylic acids is 2. The molecule has 2 unspecified atom stereocenters. The van der Waals surface area contributed by atoms with E-state index in [0.29, 0.717) is 45.6 Å². The lowest BCUT2D eigenvalue weighted by Gasteiger charge is -2.35. The van der Waals surface area contributed by atoms with Crippen molar-refractivity contribution < 1.29 is 23.5 Å². The predicted octanol–water partition coefficient (Wildman–Crippen LogP) is 2.01. The monoisotopic (exact) mass is 447 g/mol. The fourth-order valence-corrected chi connectivity index (χ4v) is 5.54. The van der Waals surface area contributed by atoms with Crippen LogP contribution in [0.4, 0.5) is 10.1 Å². The van der Waals surface area contributed by atoms with Crippen LogP contribution in [-0.2, 0) is 19.1 Å². The number of ether oxygens (including phenoxy) is 2. The van der Waals surface area contributed by atoms with Crippen molar-refractivity contribution in [2.75, 3.05) is 65.0 Å². The molecule has 1 amide bonds. The van der Waals surface area contributed by atoms with Gasteiger partial charge in [0.05, 0.1) is 25.6 Å². The Morgan fingerprint density at radius 1 is 1.12 bits per heavy atom. The second-order valence-corrected chi connectivity index (χ2v) is 9.24. The van der Waals surface area contributed by atoms with Crippen molar-refractivity contribution in [3.63, 3.8) is 0 Å². The molecule has 0 aliphatic carbocycles. The number of piperidine rings is 1. The summed E-state index contributed by atoms with van der Waals surface area (Å²) in [4.78, 5) is 29.1. The zero-order valence-electron chi connectivity index (χ0n) is 19.0. The first-order valence-electron chi connectivity index (χ1n) is 11.6. The number of benzene rings is 1. The zero-order valence-corrected chi connectivity index (χ0v) is 19.0. The van der Waals surface area contributed by atoms with E-state index in [1.165, 1.54) is 13.2 Å². The minimum atomic E-state index is -0.273. The van der Waals surface area contributed by atoms with Gasteiger partial charge in [0.15, 0.2) is 0 Å². The summed E-state index contributed by atoms with van der Waals surface area (Å²) in [6, 6.07) is 4.98. The maximum Gasteiger partial charge on any atom is 0.308 e. The number of hydrogen-bond acceptors (Lipinski definition) is 6. The van der Waals surface area contributed by atoms with Crippen molar-refractivity contribution in [3.8, 4) is 0 Å². The maximum atomic E-state index is 14.3. The van der Waals surface area contributed by atoms with Gasteiger partial charge in [0.2, 0.25) is 5.91 Å². The number of likely N-dealkylation sites (tertiary alicyclic amines) is 1. The lowest BCUT2D eigenvalue weighted by molar-refractivity contribution is -0.146. The Morgan fingerprint density at radius 3 is 2.56 bits per heavy atom. The summed E-state index contributed by atoms with van der Waals surface area (Å²) < 4.78 is 24.7. The third kappa shape index (κ3) is 4.76. The van der Waals surface area contributed by atoms with Gasteiger partial charge >= 0.3 is 5.97 Å². The van der Waals surface area contributed by atoms with Crippen LogP contribution in [0.2, 0.25) is 0 Å². The number of nitrogens with zero attached hydrogens (tertiary/aromatic N) is 2. The molecule has 3 heterocycles. The van der Waals surface area contributed by atoms with E-state index in [1.807, 2.05) is 11.0 Å². The SMILES string of the molecule is COC[C@H]1CN(C(=O)C2CCNC2)CC1c1ccc(F)cc1N1CCC(C(=O)OC)CC1. The van der Waals surface area contributed by atoms with Gasteiger partial charge in [-0.1, -0.05) is 6.07 Å². The van der Waals surface area contributed by atoms with Crippen LogP contribution in [0.3, 0.4) is 0 Å². The number of esters is 1. The average molecular weight is 448 g/mol. The molecule has 4 rings (SSSR count). The van der Waals surface area contributed by atoms with E-state index < -0.39 is 0 Å². The first-order chi connectivity index (χ1) is 15.5. The van der Waals surface area contributed by atoms with E-state index in [2.05, 4.69) is 10.2 Å². The lowest BCUT2D eigenvalue weighted by atomic mass is 9.87. The van der Waals surface area contributed by atoms with Crippen LogP contribution in [0, 0.1) is 23.6 Å². The van der Waals surface area contributed by atoms with Gasteiger partial charge in [-0.25, -0.2) is 4.39 Å². The molecule has 3 aliphatic rings. The van der Waals surface area contributed by atoms with E-state index in [0.717, 1.165) is 30.8 Å². The molecule has 3 aliphatic heterocycles. The molecule has 3 saturated heterocycles. The summed E-state index contributed by atoms with van der Waals surface area (Å²) >= 11 is 0. The second kappa shape index (κ2) is 10.2. The number of hydrogen-bond donors (Lipinski definition) is 1. The van der Waals surface area contributed by atoms with Crippen LogP contribution < -0.4 is 10.2 Å². The van der Waals surface area contributed by atoms with E-state index in [4.69, 9.17) is 9.47 Å². The van der Waals surface area contributed by atoms with Crippen LogP contribution in [0.15, 0.2) is 18.2 Å². The largest absolute Gasteiger partial charge is 0.469 e. The van der Waals surface area contributed by atoms with E-state index in [1.54, 1.807) is 13.2 Å².